The van der Waals surface area contributed by atoms with Crippen molar-refractivity contribution in [1.82, 2.24) is 15.6 Å². The fourth-order valence-electron chi connectivity index (χ4n) is 1.49. The maximum Gasteiger partial charge on any atom is 0.235 e. The summed E-state index contributed by atoms with van der Waals surface area (Å²) in [5.74, 6) is -0.633. The molecule has 2 N–H and O–H groups in total. The summed E-state index contributed by atoms with van der Waals surface area (Å²) in [7, 11) is 1.55. The van der Waals surface area contributed by atoms with E-state index >= 15 is 0 Å². The summed E-state index contributed by atoms with van der Waals surface area (Å²) in [5.41, 5.74) is -0.190. The Morgan fingerprint density at radius 2 is 1.80 bits per heavy atom. The van der Waals surface area contributed by atoms with Crippen LogP contribution in [0.3, 0.4) is 0 Å². The number of amides is 2. The Bertz CT molecular complexity index is 446. The van der Waals surface area contributed by atoms with E-state index in [4.69, 9.17) is 4.74 Å². The van der Waals surface area contributed by atoms with E-state index in [-0.39, 0.29) is 11.8 Å². The van der Waals surface area contributed by atoms with E-state index in [1.807, 2.05) is 12.1 Å². The molecule has 6 nitrogen and oxygen atoms in total. The highest BCUT2D eigenvalue weighted by Crippen LogP contribution is 2.15. The normalized spacial score (nSPS) is 10.9. The highest BCUT2D eigenvalue weighted by Gasteiger charge is 2.35. The number of carbonyl (C=O) groups excluding carboxylic acids is 2. The number of rotatable bonds is 7. The Kier molecular flexibility index (Phi) is 6.11. The molecule has 2 amide bonds. The number of hydrogen-bond acceptors (Lipinski definition) is 4. The maximum absolute atomic E-state index is 12.1. The Balaban J connectivity index is 2.49. The van der Waals surface area contributed by atoms with E-state index in [9.17, 15) is 9.59 Å². The Morgan fingerprint density at radius 1 is 1.20 bits per heavy atom. The van der Waals surface area contributed by atoms with Crippen molar-refractivity contribution in [2.45, 2.75) is 20.4 Å². The third-order valence-corrected chi connectivity index (χ3v) is 2.93. The van der Waals surface area contributed by atoms with Crippen molar-refractivity contribution in [3.63, 3.8) is 0 Å². The van der Waals surface area contributed by atoms with E-state index in [0.717, 1.165) is 5.56 Å². The predicted molar refractivity (Wildman–Crippen MR) is 74.8 cm³/mol. The lowest BCUT2D eigenvalue weighted by Crippen LogP contribution is -2.48. The molecule has 6 heteroatoms. The summed E-state index contributed by atoms with van der Waals surface area (Å²) in [6.45, 7) is 4.36. The van der Waals surface area contributed by atoms with Gasteiger partial charge in [-0.1, -0.05) is 0 Å². The van der Waals surface area contributed by atoms with Crippen molar-refractivity contribution in [1.29, 1.82) is 0 Å². The van der Waals surface area contributed by atoms with Gasteiger partial charge in [-0.25, -0.2) is 0 Å². The van der Waals surface area contributed by atoms with Crippen LogP contribution in [0.1, 0.15) is 19.4 Å². The van der Waals surface area contributed by atoms with Crippen LogP contribution in [0.15, 0.2) is 24.5 Å². The molecule has 1 rings (SSSR count). The predicted octanol–water partition coefficient (Wildman–Crippen LogP) is 0.487. The Morgan fingerprint density at radius 3 is 2.40 bits per heavy atom. The van der Waals surface area contributed by atoms with Gasteiger partial charge in [-0.3, -0.25) is 14.6 Å². The van der Waals surface area contributed by atoms with Gasteiger partial charge in [0.1, 0.15) is 5.41 Å². The number of hydrogen-bond donors (Lipinski definition) is 2. The minimum Gasteiger partial charge on any atom is -0.383 e. The van der Waals surface area contributed by atoms with Crippen LogP contribution in [0.5, 0.6) is 0 Å². The molecule has 0 aliphatic rings. The van der Waals surface area contributed by atoms with Crippen LogP contribution in [0.4, 0.5) is 0 Å². The van der Waals surface area contributed by atoms with Crippen LogP contribution in [0, 0.1) is 5.41 Å². The van der Waals surface area contributed by atoms with Gasteiger partial charge in [-0.15, -0.1) is 0 Å². The first kappa shape index (κ1) is 16.1. The monoisotopic (exact) mass is 279 g/mol. The highest BCUT2D eigenvalue weighted by molar-refractivity contribution is 6.04. The van der Waals surface area contributed by atoms with Crippen LogP contribution in [-0.2, 0) is 20.9 Å². The standard InChI is InChI=1S/C14H21N3O3/c1-14(2,12(18)16-8-9-20-3)13(19)17-10-11-4-6-15-7-5-11/h4-7H,8-10H2,1-3H3,(H,16,18)(H,17,19). The van der Waals surface area contributed by atoms with E-state index in [2.05, 4.69) is 15.6 Å². The lowest BCUT2D eigenvalue weighted by Gasteiger charge is -2.22. The number of nitrogens with zero attached hydrogens (tertiary/aromatic N) is 1. The third kappa shape index (κ3) is 4.62. The van der Waals surface area contributed by atoms with Crippen LogP contribution >= 0.6 is 0 Å². The lowest BCUT2D eigenvalue weighted by molar-refractivity contribution is -0.141. The number of carbonyl (C=O) groups is 2. The zero-order valence-electron chi connectivity index (χ0n) is 12.1. The van der Waals surface area contributed by atoms with Gasteiger partial charge in [0.25, 0.3) is 0 Å². The van der Waals surface area contributed by atoms with Gasteiger partial charge in [-0.05, 0) is 31.5 Å². The molecule has 1 heterocycles. The minimum atomic E-state index is -1.12. The molecule has 0 fully saturated rings. The topological polar surface area (TPSA) is 80.3 Å². The van der Waals surface area contributed by atoms with Crippen LogP contribution in [0.25, 0.3) is 0 Å². The fourth-order valence-corrected chi connectivity index (χ4v) is 1.49. The van der Waals surface area contributed by atoms with E-state index in [1.54, 1.807) is 33.4 Å². The number of pyridine rings is 1. The average molecular weight is 279 g/mol. The smallest absolute Gasteiger partial charge is 0.235 e. The van der Waals surface area contributed by atoms with Crippen molar-refractivity contribution in [2.75, 3.05) is 20.3 Å². The van der Waals surface area contributed by atoms with Crippen molar-refractivity contribution in [3.8, 4) is 0 Å². The second kappa shape index (κ2) is 7.59. The van der Waals surface area contributed by atoms with Gasteiger partial charge in [0.15, 0.2) is 0 Å². The summed E-state index contributed by atoms with van der Waals surface area (Å²) in [5, 5.41) is 5.42. The van der Waals surface area contributed by atoms with Crippen molar-refractivity contribution in [3.05, 3.63) is 30.1 Å². The second-order valence-electron chi connectivity index (χ2n) is 4.91. The molecule has 0 aliphatic carbocycles. The summed E-state index contributed by atoms with van der Waals surface area (Å²) >= 11 is 0. The minimum absolute atomic E-state index is 0.316. The number of aromatic nitrogens is 1. The molecule has 0 saturated heterocycles. The number of methoxy groups -OCH3 is 1. The number of ether oxygens (including phenoxy) is 1. The van der Waals surface area contributed by atoms with Crippen molar-refractivity contribution < 1.29 is 14.3 Å². The molecule has 0 aliphatic heterocycles. The fraction of sp³-hybridized carbons (Fsp3) is 0.500. The first-order valence-corrected chi connectivity index (χ1v) is 6.43. The second-order valence-corrected chi connectivity index (χ2v) is 4.91. The van der Waals surface area contributed by atoms with Crippen molar-refractivity contribution in [2.24, 2.45) is 5.41 Å². The maximum atomic E-state index is 12.1. The lowest BCUT2D eigenvalue weighted by atomic mass is 9.91. The van der Waals surface area contributed by atoms with Gasteiger partial charge in [-0.2, -0.15) is 0 Å². The van der Waals surface area contributed by atoms with E-state index < -0.39 is 5.41 Å². The van der Waals surface area contributed by atoms with Crippen molar-refractivity contribution >= 4 is 11.8 Å². The summed E-state index contributed by atoms with van der Waals surface area (Å²) in [4.78, 5) is 28.0. The van der Waals surface area contributed by atoms with Crippen LogP contribution < -0.4 is 10.6 Å². The molecule has 0 unspecified atom stereocenters. The molecule has 0 bridgehead atoms. The van der Waals surface area contributed by atoms with E-state index in [1.165, 1.54) is 0 Å². The zero-order chi connectivity index (χ0) is 15.0. The number of nitrogens with one attached hydrogen (secondary N) is 2. The summed E-state index contributed by atoms with van der Waals surface area (Å²) < 4.78 is 4.85. The molecular weight excluding hydrogens is 258 g/mol. The third-order valence-electron chi connectivity index (χ3n) is 2.93. The molecule has 1 aromatic heterocycles. The van der Waals surface area contributed by atoms with Gasteiger partial charge in [0.05, 0.1) is 6.61 Å². The van der Waals surface area contributed by atoms with Gasteiger partial charge in [0, 0.05) is 32.6 Å². The molecule has 0 atom stereocenters. The SMILES string of the molecule is COCCNC(=O)C(C)(C)C(=O)NCc1ccncc1. The van der Waals surface area contributed by atoms with Gasteiger partial charge in [0.2, 0.25) is 11.8 Å². The first-order valence-electron chi connectivity index (χ1n) is 6.43. The zero-order valence-corrected chi connectivity index (χ0v) is 12.1. The molecule has 0 spiro atoms. The Hall–Kier alpha value is -1.95. The average Bonchev–Trinajstić information content (AvgIpc) is 2.45. The van der Waals surface area contributed by atoms with Crippen LogP contribution in [0.2, 0.25) is 0 Å². The largest absolute Gasteiger partial charge is 0.383 e. The molecule has 20 heavy (non-hydrogen) atoms. The van der Waals surface area contributed by atoms with Gasteiger partial charge >= 0.3 is 0 Å². The van der Waals surface area contributed by atoms with E-state index in [0.29, 0.717) is 19.7 Å². The molecule has 1 aromatic rings. The molecule has 110 valence electrons. The first-order chi connectivity index (χ1) is 9.48. The summed E-state index contributed by atoms with van der Waals surface area (Å²) in [6.07, 6.45) is 3.31. The summed E-state index contributed by atoms with van der Waals surface area (Å²) in [6, 6.07) is 3.62. The molecular formula is C14H21N3O3. The molecule has 0 saturated carbocycles. The van der Waals surface area contributed by atoms with Crippen LogP contribution in [-0.4, -0.2) is 37.1 Å². The molecule has 0 radical (unpaired) electrons. The Labute approximate surface area is 118 Å². The quantitative estimate of drug-likeness (QED) is 0.562. The highest BCUT2D eigenvalue weighted by atomic mass is 16.5. The van der Waals surface area contributed by atoms with Gasteiger partial charge < -0.3 is 15.4 Å². The molecule has 0 aromatic carbocycles.